The van der Waals surface area contributed by atoms with E-state index in [1.54, 1.807) is 0 Å². The van der Waals surface area contributed by atoms with Crippen LogP contribution in [-0.4, -0.2) is 24.2 Å². The summed E-state index contributed by atoms with van der Waals surface area (Å²) in [4.78, 5) is 13.4. The number of aliphatic carboxylic acids is 1. The second-order valence-corrected chi connectivity index (χ2v) is 5.98. The van der Waals surface area contributed by atoms with Gasteiger partial charge in [-0.3, -0.25) is 4.79 Å². The van der Waals surface area contributed by atoms with E-state index in [1.807, 2.05) is 6.92 Å². The van der Waals surface area contributed by atoms with Gasteiger partial charge in [-0.25, -0.2) is 0 Å². The molecule has 1 aromatic carbocycles. The summed E-state index contributed by atoms with van der Waals surface area (Å²) in [6.45, 7) is 4.31. The predicted molar refractivity (Wildman–Crippen MR) is 75.8 cm³/mol. The lowest BCUT2D eigenvalue weighted by Crippen LogP contribution is -2.22. The van der Waals surface area contributed by atoms with Crippen LogP contribution < -0.4 is 4.90 Å². The molecule has 2 aliphatic rings. The number of hydrogen-bond acceptors (Lipinski definition) is 2. The Bertz CT molecular complexity index is 494. The van der Waals surface area contributed by atoms with Gasteiger partial charge in [-0.15, -0.1) is 0 Å². The van der Waals surface area contributed by atoms with Gasteiger partial charge in [-0.05, 0) is 48.3 Å². The van der Waals surface area contributed by atoms with Gasteiger partial charge in [0.2, 0.25) is 0 Å². The second-order valence-electron chi connectivity index (χ2n) is 5.98. The van der Waals surface area contributed by atoms with Crippen molar-refractivity contribution in [3.63, 3.8) is 0 Å². The minimum absolute atomic E-state index is 0.105. The summed E-state index contributed by atoms with van der Waals surface area (Å²) in [6, 6.07) is 6.38. The van der Waals surface area contributed by atoms with E-state index in [1.165, 1.54) is 36.2 Å². The number of fused-ring (bicyclic) bond motifs is 1. The zero-order valence-corrected chi connectivity index (χ0v) is 11.4. The predicted octanol–water partition coefficient (Wildman–Crippen LogP) is 3.04. The van der Waals surface area contributed by atoms with Gasteiger partial charge in [-0.1, -0.05) is 19.1 Å². The molecular weight excluding hydrogens is 238 g/mol. The molecule has 1 atom stereocenters. The number of benzene rings is 1. The van der Waals surface area contributed by atoms with E-state index in [0.717, 1.165) is 18.9 Å². The van der Waals surface area contributed by atoms with Crippen molar-refractivity contribution < 1.29 is 9.90 Å². The lowest BCUT2D eigenvalue weighted by atomic mass is 9.92. The van der Waals surface area contributed by atoms with Gasteiger partial charge in [0.25, 0.3) is 0 Å². The molecule has 0 aromatic heterocycles. The molecule has 3 nitrogen and oxygen atoms in total. The first-order valence-corrected chi connectivity index (χ1v) is 7.23. The minimum atomic E-state index is -0.710. The van der Waals surface area contributed by atoms with Gasteiger partial charge in [0, 0.05) is 18.8 Å². The van der Waals surface area contributed by atoms with Gasteiger partial charge < -0.3 is 10.0 Å². The van der Waals surface area contributed by atoms with E-state index in [9.17, 15) is 4.79 Å². The molecular formula is C16H21NO2. The molecule has 19 heavy (non-hydrogen) atoms. The zero-order chi connectivity index (χ0) is 13.4. The highest BCUT2D eigenvalue weighted by Crippen LogP contribution is 2.38. The van der Waals surface area contributed by atoms with Crippen molar-refractivity contribution in [2.75, 3.05) is 18.0 Å². The Morgan fingerprint density at radius 2 is 2.26 bits per heavy atom. The maximum Gasteiger partial charge on any atom is 0.303 e. The third-order valence-electron chi connectivity index (χ3n) is 4.35. The fourth-order valence-electron chi connectivity index (χ4n) is 3.16. The molecule has 1 fully saturated rings. The SMILES string of the molecule is CC(CC(=O)O)c1cccc2c1CCN2CC1CC1. The minimum Gasteiger partial charge on any atom is -0.481 e. The van der Waals surface area contributed by atoms with Crippen LogP contribution >= 0.6 is 0 Å². The Labute approximate surface area is 114 Å². The van der Waals surface area contributed by atoms with Crippen molar-refractivity contribution in [1.29, 1.82) is 0 Å². The molecule has 102 valence electrons. The van der Waals surface area contributed by atoms with Crippen LogP contribution in [0.15, 0.2) is 18.2 Å². The molecule has 0 radical (unpaired) electrons. The molecule has 0 amide bonds. The Balaban J connectivity index is 1.83. The second kappa shape index (κ2) is 4.87. The third-order valence-corrected chi connectivity index (χ3v) is 4.35. The molecule has 3 rings (SSSR count). The van der Waals surface area contributed by atoms with Crippen molar-refractivity contribution in [3.8, 4) is 0 Å². The summed E-state index contributed by atoms with van der Waals surface area (Å²) in [5, 5.41) is 8.96. The largest absolute Gasteiger partial charge is 0.481 e. The van der Waals surface area contributed by atoms with Crippen LogP contribution in [0.25, 0.3) is 0 Å². The van der Waals surface area contributed by atoms with Gasteiger partial charge >= 0.3 is 5.97 Å². The topological polar surface area (TPSA) is 40.5 Å². The summed E-state index contributed by atoms with van der Waals surface area (Å²) in [5.74, 6) is 0.289. The fourth-order valence-corrected chi connectivity index (χ4v) is 3.16. The van der Waals surface area contributed by atoms with Crippen molar-refractivity contribution in [2.24, 2.45) is 5.92 Å². The van der Waals surface area contributed by atoms with E-state index >= 15 is 0 Å². The average Bonchev–Trinajstić information content (AvgIpc) is 3.08. The highest BCUT2D eigenvalue weighted by atomic mass is 16.4. The Kier molecular flexibility index (Phi) is 3.21. The van der Waals surface area contributed by atoms with Crippen LogP contribution in [0.1, 0.15) is 43.2 Å². The average molecular weight is 259 g/mol. The maximum absolute atomic E-state index is 10.9. The van der Waals surface area contributed by atoms with Gasteiger partial charge in [-0.2, -0.15) is 0 Å². The molecule has 3 heteroatoms. The summed E-state index contributed by atoms with van der Waals surface area (Å²) in [5.41, 5.74) is 3.97. The summed E-state index contributed by atoms with van der Waals surface area (Å²) in [6.07, 6.45) is 4.04. The van der Waals surface area contributed by atoms with Crippen LogP contribution in [-0.2, 0) is 11.2 Å². The lowest BCUT2D eigenvalue weighted by Gasteiger charge is -2.20. The standard InChI is InChI=1S/C16H21NO2/c1-11(9-16(18)19)13-3-2-4-15-14(13)7-8-17(15)10-12-5-6-12/h2-4,11-12H,5-10H2,1H3,(H,18,19). The molecule has 0 bridgehead atoms. The number of carbonyl (C=O) groups is 1. The first kappa shape index (κ1) is 12.5. The summed E-state index contributed by atoms with van der Waals surface area (Å²) in [7, 11) is 0. The van der Waals surface area contributed by atoms with E-state index in [2.05, 4.69) is 23.1 Å². The monoisotopic (exact) mass is 259 g/mol. The molecule has 0 spiro atoms. The molecule has 1 heterocycles. The number of nitrogens with zero attached hydrogens (tertiary/aromatic N) is 1. The van der Waals surface area contributed by atoms with E-state index in [0.29, 0.717) is 0 Å². The molecule has 1 aliphatic carbocycles. The number of carboxylic acids is 1. The van der Waals surface area contributed by atoms with Crippen LogP contribution in [0.3, 0.4) is 0 Å². The van der Waals surface area contributed by atoms with Crippen molar-refractivity contribution in [1.82, 2.24) is 0 Å². The maximum atomic E-state index is 10.9. The molecule has 1 saturated carbocycles. The van der Waals surface area contributed by atoms with Crippen LogP contribution in [0.4, 0.5) is 5.69 Å². The van der Waals surface area contributed by atoms with Gasteiger partial charge in [0.1, 0.15) is 0 Å². The summed E-state index contributed by atoms with van der Waals surface area (Å²) >= 11 is 0. The smallest absolute Gasteiger partial charge is 0.303 e. The van der Waals surface area contributed by atoms with E-state index in [-0.39, 0.29) is 12.3 Å². The zero-order valence-electron chi connectivity index (χ0n) is 11.4. The highest BCUT2D eigenvalue weighted by molar-refractivity contribution is 5.69. The fraction of sp³-hybridized carbons (Fsp3) is 0.562. The third kappa shape index (κ3) is 2.60. The lowest BCUT2D eigenvalue weighted by molar-refractivity contribution is -0.137. The molecule has 1 unspecified atom stereocenters. The molecule has 1 aromatic rings. The van der Waals surface area contributed by atoms with Gasteiger partial charge in [0.05, 0.1) is 6.42 Å². The number of rotatable bonds is 5. The molecule has 0 saturated heterocycles. The van der Waals surface area contributed by atoms with Crippen LogP contribution in [0, 0.1) is 5.92 Å². The Morgan fingerprint density at radius 1 is 1.47 bits per heavy atom. The van der Waals surface area contributed by atoms with Crippen molar-refractivity contribution in [2.45, 2.75) is 38.5 Å². The van der Waals surface area contributed by atoms with Crippen molar-refractivity contribution >= 4 is 11.7 Å². The first-order valence-electron chi connectivity index (χ1n) is 7.23. The Hall–Kier alpha value is -1.51. The molecule has 1 aliphatic heterocycles. The van der Waals surface area contributed by atoms with E-state index < -0.39 is 5.97 Å². The number of carboxylic acid groups (broad SMARTS) is 1. The van der Waals surface area contributed by atoms with Crippen LogP contribution in [0.2, 0.25) is 0 Å². The van der Waals surface area contributed by atoms with E-state index in [4.69, 9.17) is 5.11 Å². The normalized spacial score (nSPS) is 19.3. The van der Waals surface area contributed by atoms with Crippen molar-refractivity contribution in [3.05, 3.63) is 29.3 Å². The quantitative estimate of drug-likeness (QED) is 0.883. The highest BCUT2D eigenvalue weighted by Gasteiger charge is 2.29. The first-order chi connectivity index (χ1) is 9.15. The van der Waals surface area contributed by atoms with Gasteiger partial charge in [0.15, 0.2) is 0 Å². The Morgan fingerprint density at radius 3 is 2.95 bits per heavy atom. The molecule has 1 N–H and O–H groups in total. The summed E-state index contributed by atoms with van der Waals surface area (Å²) < 4.78 is 0. The number of anilines is 1. The van der Waals surface area contributed by atoms with Crippen LogP contribution in [0.5, 0.6) is 0 Å². The number of hydrogen-bond donors (Lipinski definition) is 1.